The summed E-state index contributed by atoms with van der Waals surface area (Å²) in [5.41, 5.74) is 1.39. The molecule has 0 aliphatic carbocycles. The van der Waals surface area contributed by atoms with Crippen LogP contribution in [0.1, 0.15) is 29.0 Å². The van der Waals surface area contributed by atoms with Crippen LogP contribution in [-0.4, -0.2) is 51.9 Å². The molecule has 1 amide bonds. The van der Waals surface area contributed by atoms with E-state index < -0.39 is 0 Å². The molecular weight excluding hydrogens is 388 g/mol. The minimum Gasteiger partial charge on any atom is -0.480 e. The SMILES string of the molecule is COc1nc(N2CCCC(NC(=O)c3cc(C)nn3C)C2)ncc1Br. The standard InChI is InChI=1S/C16H21BrN6O2/c1-10-7-13(22(2)21-10)14(24)19-11-5-4-6-23(9-11)16-18-8-12(17)15(20-16)25-3/h7-8,11H,4-6,9H2,1-3H3,(H,19,24). The van der Waals surface area contributed by atoms with Gasteiger partial charge in [-0.25, -0.2) is 4.98 Å². The molecule has 134 valence electrons. The molecule has 25 heavy (non-hydrogen) atoms. The van der Waals surface area contributed by atoms with Crippen molar-refractivity contribution >= 4 is 27.8 Å². The molecule has 9 heteroatoms. The summed E-state index contributed by atoms with van der Waals surface area (Å²) in [4.78, 5) is 23.3. The van der Waals surface area contributed by atoms with Gasteiger partial charge in [0.2, 0.25) is 11.8 Å². The molecular formula is C16H21BrN6O2. The van der Waals surface area contributed by atoms with Gasteiger partial charge in [-0.2, -0.15) is 10.1 Å². The fraction of sp³-hybridized carbons (Fsp3) is 0.500. The first kappa shape index (κ1) is 17.7. The minimum atomic E-state index is -0.107. The Balaban J connectivity index is 1.69. The second-order valence-electron chi connectivity index (χ2n) is 6.08. The molecule has 0 spiro atoms. The van der Waals surface area contributed by atoms with Gasteiger partial charge in [0.25, 0.3) is 5.91 Å². The Morgan fingerprint density at radius 1 is 1.48 bits per heavy atom. The van der Waals surface area contributed by atoms with E-state index in [4.69, 9.17) is 4.74 Å². The molecule has 1 unspecified atom stereocenters. The Bertz CT molecular complexity index is 778. The first-order valence-electron chi connectivity index (χ1n) is 8.11. The van der Waals surface area contributed by atoms with Gasteiger partial charge in [0.15, 0.2) is 0 Å². The molecule has 1 saturated heterocycles. The zero-order valence-electron chi connectivity index (χ0n) is 14.5. The number of hydrogen-bond acceptors (Lipinski definition) is 6. The number of halogens is 1. The van der Waals surface area contributed by atoms with Gasteiger partial charge in [0.05, 0.1) is 23.5 Å². The molecule has 0 bridgehead atoms. The van der Waals surface area contributed by atoms with E-state index in [1.807, 2.05) is 6.92 Å². The first-order valence-corrected chi connectivity index (χ1v) is 8.90. The molecule has 0 radical (unpaired) electrons. The van der Waals surface area contributed by atoms with Crippen LogP contribution in [-0.2, 0) is 7.05 Å². The van der Waals surface area contributed by atoms with Crippen LogP contribution in [0.5, 0.6) is 5.88 Å². The third-order valence-corrected chi connectivity index (χ3v) is 4.71. The quantitative estimate of drug-likeness (QED) is 0.828. The molecule has 1 N–H and O–H groups in total. The van der Waals surface area contributed by atoms with Gasteiger partial charge in [-0.05, 0) is 41.8 Å². The highest BCUT2D eigenvalue weighted by molar-refractivity contribution is 9.10. The van der Waals surface area contributed by atoms with Crippen molar-refractivity contribution in [2.75, 3.05) is 25.1 Å². The van der Waals surface area contributed by atoms with Crippen LogP contribution in [0.4, 0.5) is 5.95 Å². The number of carbonyl (C=O) groups excluding carboxylic acids is 1. The van der Waals surface area contributed by atoms with Crippen molar-refractivity contribution in [3.8, 4) is 5.88 Å². The number of methoxy groups -OCH3 is 1. The van der Waals surface area contributed by atoms with Gasteiger partial charge in [-0.15, -0.1) is 0 Å². The molecule has 1 atom stereocenters. The molecule has 2 aromatic rings. The van der Waals surface area contributed by atoms with E-state index in [2.05, 4.69) is 41.2 Å². The highest BCUT2D eigenvalue weighted by Gasteiger charge is 2.25. The number of aromatic nitrogens is 4. The summed E-state index contributed by atoms with van der Waals surface area (Å²) in [5.74, 6) is 1.00. The van der Waals surface area contributed by atoms with Crippen LogP contribution in [0.15, 0.2) is 16.7 Å². The highest BCUT2D eigenvalue weighted by atomic mass is 79.9. The van der Waals surface area contributed by atoms with Crippen molar-refractivity contribution in [1.29, 1.82) is 0 Å². The molecule has 1 fully saturated rings. The summed E-state index contributed by atoms with van der Waals surface area (Å²) in [6.45, 7) is 3.38. The van der Waals surface area contributed by atoms with Crippen molar-refractivity contribution in [2.24, 2.45) is 7.05 Å². The summed E-state index contributed by atoms with van der Waals surface area (Å²) in [6.07, 6.45) is 3.56. The first-order chi connectivity index (χ1) is 12.0. The van der Waals surface area contributed by atoms with Crippen molar-refractivity contribution in [1.82, 2.24) is 25.1 Å². The molecule has 0 aromatic carbocycles. The number of rotatable bonds is 4. The lowest BCUT2D eigenvalue weighted by Crippen LogP contribution is -2.48. The number of nitrogens with zero attached hydrogens (tertiary/aromatic N) is 5. The summed E-state index contributed by atoms with van der Waals surface area (Å²) in [7, 11) is 3.35. The second kappa shape index (κ2) is 7.38. The van der Waals surface area contributed by atoms with E-state index in [0.29, 0.717) is 28.5 Å². The number of anilines is 1. The smallest absolute Gasteiger partial charge is 0.269 e. The van der Waals surface area contributed by atoms with Gasteiger partial charge < -0.3 is 15.0 Å². The minimum absolute atomic E-state index is 0.0368. The number of hydrogen-bond donors (Lipinski definition) is 1. The van der Waals surface area contributed by atoms with Crippen molar-refractivity contribution in [3.05, 3.63) is 28.1 Å². The summed E-state index contributed by atoms with van der Waals surface area (Å²) in [6, 6.07) is 1.83. The molecule has 1 aliphatic heterocycles. The number of piperidine rings is 1. The van der Waals surface area contributed by atoms with Crippen molar-refractivity contribution < 1.29 is 9.53 Å². The third kappa shape index (κ3) is 3.92. The third-order valence-electron chi connectivity index (χ3n) is 4.17. The van der Waals surface area contributed by atoms with Gasteiger partial charge in [0, 0.05) is 26.2 Å². The molecule has 3 rings (SSSR count). The lowest BCUT2D eigenvalue weighted by Gasteiger charge is -2.33. The zero-order valence-corrected chi connectivity index (χ0v) is 16.1. The lowest BCUT2D eigenvalue weighted by atomic mass is 10.1. The highest BCUT2D eigenvalue weighted by Crippen LogP contribution is 2.25. The Kier molecular flexibility index (Phi) is 5.22. The average Bonchev–Trinajstić information content (AvgIpc) is 2.94. The fourth-order valence-corrected chi connectivity index (χ4v) is 3.35. The monoisotopic (exact) mass is 408 g/mol. The van der Waals surface area contributed by atoms with Gasteiger partial charge in [-0.3, -0.25) is 9.48 Å². The van der Waals surface area contributed by atoms with Crippen LogP contribution in [0.2, 0.25) is 0 Å². The largest absolute Gasteiger partial charge is 0.480 e. The summed E-state index contributed by atoms with van der Waals surface area (Å²) in [5, 5.41) is 7.31. The summed E-state index contributed by atoms with van der Waals surface area (Å²) >= 11 is 3.36. The molecule has 0 saturated carbocycles. The maximum absolute atomic E-state index is 12.5. The maximum atomic E-state index is 12.5. The van der Waals surface area contributed by atoms with Gasteiger partial charge in [0.1, 0.15) is 5.69 Å². The predicted molar refractivity (Wildman–Crippen MR) is 96.9 cm³/mol. The zero-order chi connectivity index (χ0) is 18.0. The van der Waals surface area contributed by atoms with Crippen molar-refractivity contribution in [3.63, 3.8) is 0 Å². The topological polar surface area (TPSA) is 85.2 Å². The Labute approximate surface area is 154 Å². The number of nitrogens with one attached hydrogen (secondary N) is 1. The number of ether oxygens (including phenoxy) is 1. The van der Waals surface area contributed by atoms with Crippen LogP contribution < -0.4 is 15.0 Å². The van der Waals surface area contributed by atoms with E-state index in [1.165, 1.54) is 0 Å². The molecule has 8 nitrogen and oxygen atoms in total. The van der Waals surface area contributed by atoms with Crippen LogP contribution in [0.3, 0.4) is 0 Å². The van der Waals surface area contributed by atoms with Crippen LogP contribution in [0.25, 0.3) is 0 Å². The number of amides is 1. The fourth-order valence-electron chi connectivity index (χ4n) is 3.00. The van der Waals surface area contributed by atoms with E-state index >= 15 is 0 Å². The molecule has 1 aliphatic rings. The maximum Gasteiger partial charge on any atom is 0.269 e. The lowest BCUT2D eigenvalue weighted by molar-refractivity contribution is 0.0923. The van der Waals surface area contributed by atoms with Crippen molar-refractivity contribution in [2.45, 2.75) is 25.8 Å². The Morgan fingerprint density at radius 2 is 2.28 bits per heavy atom. The van der Waals surface area contributed by atoms with E-state index in [1.54, 1.807) is 31.1 Å². The van der Waals surface area contributed by atoms with Crippen LogP contribution in [0, 0.1) is 6.92 Å². The second-order valence-corrected chi connectivity index (χ2v) is 6.93. The predicted octanol–water partition coefficient (Wildman–Crippen LogP) is 1.69. The average molecular weight is 409 g/mol. The van der Waals surface area contributed by atoms with E-state index in [-0.39, 0.29) is 11.9 Å². The Hall–Kier alpha value is -2.16. The summed E-state index contributed by atoms with van der Waals surface area (Å²) < 4.78 is 7.56. The Morgan fingerprint density at radius 3 is 2.96 bits per heavy atom. The van der Waals surface area contributed by atoms with Gasteiger partial charge in [-0.1, -0.05) is 0 Å². The normalized spacial score (nSPS) is 17.4. The molecule has 2 aromatic heterocycles. The number of carbonyl (C=O) groups is 1. The van der Waals surface area contributed by atoms with E-state index in [9.17, 15) is 4.79 Å². The molecule has 3 heterocycles. The van der Waals surface area contributed by atoms with Gasteiger partial charge >= 0.3 is 0 Å². The van der Waals surface area contributed by atoms with E-state index in [0.717, 1.165) is 25.1 Å². The van der Waals surface area contributed by atoms with Crippen LogP contribution >= 0.6 is 15.9 Å². The number of aryl methyl sites for hydroxylation is 2.